The van der Waals surface area contributed by atoms with E-state index in [2.05, 4.69) is 0 Å². The monoisotopic (exact) mass is 260 g/mol. The molecule has 0 heterocycles. The molecule has 88 valence electrons. The van der Waals surface area contributed by atoms with Crippen LogP contribution in [0.1, 0.15) is 31.8 Å². The van der Waals surface area contributed by atoms with Gasteiger partial charge in [-0.2, -0.15) is 0 Å². The fourth-order valence-corrected chi connectivity index (χ4v) is 2.26. The van der Waals surface area contributed by atoms with Gasteiger partial charge in [-0.3, -0.25) is 9.59 Å². The predicted octanol–water partition coefficient (Wildman–Crippen LogP) is 3.25. The average molecular weight is 261 g/mol. The lowest BCUT2D eigenvalue weighted by molar-refractivity contribution is 0.0979. The van der Waals surface area contributed by atoms with Crippen molar-refractivity contribution in [1.82, 2.24) is 0 Å². The summed E-state index contributed by atoms with van der Waals surface area (Å²) in [5, 5.41) is -0.158. The summed E-state index contributed by atoms with van der Waals surface area (Å²) in [7, 11) is 0. The summed E-state index contributed by atoms with van der Waals surface area (Å²) in [6.07, 6.45) is 0. The van der Waals surface area contributed by atoms with Gasteiger partial charge in [0.15, 0.2) is 11.6 Å². The molecule has 2 nitrogen and oxygen atoms in total. The van der Waals surface area contributed by atoms with E-state index in [0.29, 0.717) is 11.1 Å². The maximum atomic E-state index is 13.4. The van der Waals surface area contributed by atoms with E-state index in [1.165, 1.54) is 6.07 Å². The summed E-state index contributed by atoms with van der Waals surface area (Å²) in [4.78, 5) is 24.3. The highest BCUT2D eigenvalue weighted by Crippen LogP contribution is 2.30. The smallest absolute Gasteiger partial charge is 0.194 e. The van der Waals surface area contributed by atoms with Crippen LogP contribution in [0.5, 0.6) is 0 Å². The molecule has 0 amide bonds. The molecule has 0 saturated heterocycles. The van der Waals surface area contributed by atoms with Crippen LogP contribution in [-0.2, 0) is 0 Å². The van der Waals surface area contributed by atoms with Crippen molar-refractivity contribution in [1.29, 1.82) is 0 Å². The van der Waals surface area contributed by atoms with Crippen LogP contribution in [0, 0.1) is 5.82 Å². The molecular weight excluding hydrogens is 255 g/mol. The summed E-state index contributed by atoms with van der Waals surface area (Å²) in [6.45, 7) is 0. The van der Waals surface area contributed by atoms with Crippen molar-refractivity contribution in [2.75, 3.05) is 0 Å². The lowest BCUT2D eigenvalue weighted by Gasteiger charge is -2.17. The second-order valence-electron chi connectivity index (χ2n) is 4.02. The van der Waals surface area contributed by atoms with Crippen molar-refractivity contribution >= 4 is 23.2 Å². The van der Waals surface area contributed by atoms with Crippen molar-refractivity contribution in [3.8, 4) is 0 Å². The lowest BCUT2D eigenvalue weighted by atomic mass is 9.84. The number of carbonyl (C=O) groups excluding carboxylic acids is 2. The number of fused-ring (bicyclic) bond motifs is 2. The van der Waals surface area contributed by atoms with E-state index in [4.69, 9.17) is 11.6 Å². The molecule has 1 aliphatic rings. The molecule has 2 aromatic carbocycles. The predicted molar refractivity (Wildman–Crippen MR) is 64.7 cm³/mol. The first-order chi connectivity index (χ1) is 8.59. The Bertz CT molecular complexity index is 647. The SMILES string of the molecule is O=C1c2ccccc2C(=O)c2cc(Cl)c(F)cc21. The largest absolute Gasteiger partial charge is 0.289 e. The number of carbonyl (C=O) groups is 2. The highest BCUT2D eigenvalue weighted by Gasteiger charge is 2.30. The summed E-state index contributed by atoms with van der Waals surface area (Å²) in [6, 6.07) is 8.72. The van der Waals surface area contributed by atoms with Crippen LogP contribution in [0.25, 0.3) is 0 Å². The summed E-state index contributed by atoms with van der Waals surface area (Å²) in [5.41, 5.74) is 0.861. The minimum Gasteiger partial charge on any atom is -0.289 e. The number of ketones is 2. The van der Waals surface area contributed by atoms with Gasteiger partial charge in [-0.05, 0) is 12.1 Å². The normalized spacial score (nSPS) is 13.2. The average Bonchev–Trinajstić information content (AvgIpc) is 2.38. The Morgan fingerprint density at radius 1 is 0.833 bits per heavy atom. The second-order valence-corrected chi connectivity index (χ2v) is 4.42. The van der Waals surface area contributed by atoms with Gasteiger partial charge in [0.1, 0.15) is 5.82 Å². The lowest BCUT2D eigenvalue weighted by Crippen LogP contribution is -2.21. The first-order valence-corrected chi connectivity index (χ1v) is 5.65. The van der Waals surface area contributed by atoms with Crippen molar-refractivity contribution in [3.63, 3.8) is 0 Å². The Morgan fingerprint density at radius 2 is 1.33 bits per heavy atom. The van der Waals surface area contributed by atoms with Crippen molar-refractivity contribution in [3.05, 3.63) is 69.5 Å². The number of rotatable bonds is 0. The Morgan fingerprint density at radius 3 is 1.89 bits per heavy atom. The van der Waals surface area contributed by atoms with Gasteiger partial charge in [0.05, 0.1) is 5.02 Å². The minimum absolute atomic E-state index is 0.0700. The van der Waals surface area contributed by atoms with Gasteiger partial charge >= 0.3 is 0 Å². The van der Waals surface area contributed by atoms with E-state index >= 15 is 0 Å². The topological polar surface area (TPSA) is 34.1 Å². The maximum absolute atomic E-state index is 13.4. The van der Waals surface area contributed by atoms with E-state index in [1.807, 2.05) is 0 Å². The molecule has 0 fully saturated rings. The Hall–Kier alpha value is -2.00. The molecule has 0 bridgehead atoms. The molecular formula is C14H6ClFO2. The number of halogens is 2. The molecule has 0 aromatic heterocycles. The van der Waals surface area contributed by atoms with Crippen LogP contribution in [-0.4, -0.2) is 11.6 Å². The Labute approximate surface area is 107 Å². The van der Waals surface area contributed by atoms with Crippen molar-refractivity contribution < 1.29 is 14.0 Å². The van der Waals surface area contributed by atoms with Gasteiger partial charge in [-0.1, -0.05) is 35.9 Å². The molecule has 0 N–H and O–H groups in total. The van der Waals surface area contributed by atoms with Crippen molar-refractivity contribution in [2.45, 2.75) is 0 Å². The Kier molecular flexibility index (Phi) is 2.31. The van der Waals surface area contributed by atoms with E-state index in [9.17, 15) is 14.0 Å². The van der Waals surface area contributed by atoms with Gasteiger partial charge < -0.3 is 0 Å². The quantitative estimate of drug-likeness (QED) is 0.622. The third kappa shape index (κ3) is 1.41. The summed E-state index contributed by atoms with van der Waals surface area (Å²) < 4.78 is 13.4. The fourth-order valence-electron chi connectivity index (χ4n) is 2.09. The fraction of sp³-hybridized carbons (Fsp3) is 0. The zero-order valence-corrected chi connectivity index (χ0v) is 9.79. The van der Waals surface area contributed by atoms with Crippen molar-refractivity contribution in [2.24, 2.45) is 0 Å². The van der Waals surface area contributed by atoms with E-state index in [1.54, 1.807) is 24.3 Å². The first kappa shape index (κ1) is 11.1. The molecule has 0 saturated carbocycles. The molecule has 4 heteroatoms. The number of hydrogen-bond donors (Lipinski definition) is 0. The van der Waals surface area contributed by atoms with E-state index < -0.39 is 5.82 Å². The zero-order chi connectivity index (χ0) is 12.9. The molecule has 2 aromatic rings. The number of benzene rings is 2. The van der Waals surface area contributed by atoms with Gasteiger partial charge in [0, 0.05) is 22.3 Å². The highest BCUT2D eigenvalue weighted by molar-refractivity contribution is 6.33. The first-order valence-electron chi connectivity index (χ1n) is 5.27. The van der Waals surface area contributed by atoms with Gasteiger partial charge in [0.25, 0.3) is 0 Å². The summed E-state index contributed by atoms with van der Waals surface area (Å²) >= 11 is 5.65. The molecule has 0 atom stereocenters. The van der Waals surface area contributed by atoms with Crippen LogP contribution in [0.3, 0.4) is 0 Å². The van der Waals surface area contributed by atoms with Crippen LogP contribution < -0.4 is 0 Å². The van der Waals surface area contributed by atoms with Crippen LogP contribution >= 0.6 is 11.6 Å². The molecule has 1 aliphatic carbocycles. The molecule has 0 unspecified atom stereocenters. The third-order valence-electron chi connectivity index (χ3n) is 2.97. The van der Waals surface area contributed by atoms with Crippen LogP contribution in [0.2, 0.25) is 5.02 Å². The zero-order valence-electron chi connectivity index (χ0n) is 9.04. The molecule has 3 rings (SSSR count). The van der Waals surface area contributed by atoms with Gasteiger partial charge in [0.2, 0.25) is 0 Å². The highest BCUT2D eigenvalue weighted by atomic mass is 35.5. The number of hydrogen-bond acceptors (Lipinski definition) is 2. The van der Waals surface area contributed by atoms with Gasteiger partial charge in [-0.15, -0.1) is 0 Å². The molecule has 0 radical (unpaired) electrons. The Balaban J connectivity index is 2.34. The molecule has 18 heavy (non-hydrogen) atoms. The third-order valence-corrected chi connectivity index (χ3v) is 3.26. The van der Waals surface area contributed by atoms with Crippen LogP contribution in [0.15, 0.2) is 36.4 Å². The maximum Gasteiger partial charge on any atom is 0.194 e. The van der Waals surface area contributed by atoms with Crippen LogP contribution in [0.4, 0.5) is 4.39 Å². The second kappa shape index (κ2) is 3.75. The minimum atomic E-state index is -0.698. The van der Waals surface area contributed by atoms with E-state index in [-0.39, 0.29) is 27.7 Å². The molecule has 0 spiro atoms. The van der Waals surface area contributed by atoms with E-state index in [0.717, 1.165) is 6.07 Å². The van der Waals surface area contributed by atoms with Gasteiger partial charge in [-0.25, -0.2) is 4.39 Å². The molecule has 0 aliphatic heterocycles. The standard InChI is InChI=1S/C14H6ClFO2/c15-11-5-9-10(6-12(11)16)14(18)8-4-2-1-3-7(8)13(9)17/h1-6H. The summed E-state index contributed by atoms with van der Waals surface area (Å²) in [5.74, 6) is -1.35.